The van der Waals surface area contributed by atoms with Gasteiger partial charge in [0, 0.05) is 38.9 Å². The third-order valence-corrected chi connectivity index (χ3v) is 6.18. The van der Waals surface area contributed by atoms with Crippen molar-refractivity contribution in [2.75, 3.05) is 0 Å². The van der Waals surface area contributed by atoms with Crippen LogP contribution in [0.1, 0.15) is 40.6 Å². The van der Waals surface area contributed by atoms with Gasteiger partial charge in [-0.2, -0.15) is 0 Å². The summed E-state index contributed by atoms with van der Waals surface area (Å²) in [6, 6.07) is 12.0. The number of benzene rings is 2. The molecule has 0 atom stereocenters. The van der Waals surface area contributed by atoms with Gasteiger partial charge in [0.15, 0.2) is 5.78 Å². The van der Waals surface area contributed by atoms with Gasteiger partial charge in [0.25, 0.3) is 0 Å². The molecule has 0 spiro atoms. The molecule has 0 fully saturated rings. The Labute approximate surface area is 205 Å². The normalized spacial score (nSPS) is 12.5. The fourth-order valence-corrected chi connectivity index (χ4v) is 4.16. The molecule has 4 rings (SSSR count). The molecule has 2 aromatic carbocycles. The Hall–Kier alpha value is -4.57. The Kier molecular flexibility index (Phi) is 6.56. The molecular weight excluding hydrogens is 432 g/mol. The monoisotopic (exact) mass is 460 g/mol. The molecule has 0 radical (unpaired) electrons. The first-order valence-electron chi connectivity index (χ1n) is 11.3. The van der Waals surface area contributed by atoms with E-state index in [1.54, 1.807) is 31.2 Å². The summed E-state index contributed by atoms with van der Waals surface area (Å²) in [7, 11) is 0. The number of fused-ring (bicyclic) bond motifs is 2. The lowest BCUT2D eigenvalue weighted by Gasteiger charge is -2.02. The number of carbonyl (C=O) groups is 1. The summed E-state index contributed by atoms with van der Waals surface area (Å²) in [5.41, 5.74) is 7.95. The lowest BCUT2D eigenvalue weighted by atomic mass is 10.0. The van der Waals surface area contributed by atoms with Crippen LogP contribution in [0.5, 0.6) is 0 Å². The second kappa shape index (κ2) is 9.74. The number of aliphatic hydroxyl groups is 1. The summed E-state index contributed by atoms with van der Waals surface area (Å²) < 4.78 is 0. The highest BCUT2D eigenvalue weighted by atomic mass is 16.3. The minimum atomic E-state index is -0.275. The zero-order chi connectivity index (χ0) is 25.1. The highest BCUT2D eigenvalue weighted by Crippen LogP contribution is 2.26. The molecule has 0 aliphatic carbocycles. The molecule has 35 heavy (non-hydrogen) atoms. The molecule has 0 unspecified atom stereocenters. The van der Waals surface area contributed by atoms with Crippen molar-refractivity contribution < 1.29 is 9.90 Å². The number of aliphatic hydroxyl groups excluding tert-OH is 1. The van der Waals surface area contributed by atoms with Gasteiger partial charge >= 0.3 is 0 Å². The maximum absolute atomic E-state index is 12.7. The van der Waals surface area contributed by atoms with Gasteiger partial charge in [-0.15, -0.1) is 0 Å². The van der Waals surface area contributed by atoms with Crippen molar-refractivity contribution in [3.05, 3.63) is 113 Å². The van der Waals surface area contributed by atoms with Crippen molar-refractivity contribution in [2.24, 2.45) is 0 Å². The molecule has 4 heteroatoms. The van der Waals surface area contributed by atoms with Crippen LogP contribution < -0.4 is 0 Å². The van der Waals surface area contributed by atoms with Gasteiger partial charge in [-0.3, -0.25) is 4.79 Å². The van der Waals surface area contributed by atoms with Crippen LogP contribution in [-0.2, 0) is 4.79 Å². The molecule has 174 valence electrons. The van der Waals surface area contributed by atoms with Crippen molar-refractivity contribution in [1.82, 2.24) is 9.97 Å². The minimum absolute atomic E-state index is 0.0837. The molecule has 0 amide bonds. The Morgan fingerprint density at radius 3 is 2.00 bits per heavy atom. The Bertz CT molecular complexity index is 1590. The summed E-state index contributed by atoms with van der Waals surface area (Å²) in [6.07, 6.45) is 11.9. The summed E-state index contributed by atoms with van der Waals surface area (Å²) in [5, 5.41) is 12.6. The Morgan fingerprint density at radius 2 is 1.40 bits per heavy atom. The first kappa shape index (κ1) is 23.6. The topological polar surface area (TPSA) is 68.9 Å². The smallest absolute Gasteiger partial charge is 0.185 e. The number of allylic oxidation sites excluding steroid dienone is 3. The highest BCUT2D eigenvalue weighted by molar-refractivity contribution is 6.06. The lowest BCUT2D eigenvalue weighted by Crippen LogP contribution is -1.98. The van der Waals surface area contributed by atoms with E-state index >= 15 is 0 Å². The summed E-state index contributed by atoms with van der Waals surface area (Å²) in [5.74, 6) is -0.359. The summed E-state index contributed by atoms with van der Waals surface area (Å²) in [4.78, 5) is 19.3. The van der Waals surface area contributed by atoms with Crippen LogP contribution >= 0.6 is 0 Å². The van der Waals surface area contributed by atoms with Gasteiger partial charge in [0.2, 0.25) is 0 Å². The number of carbonyl (C=O) groups excluding carboxylic acids is 1. The molecular formula is C31H28N2O2. The quantitative estimate of drug-likeness (QED) is 0.142. The van der Waals surface area contributed by atoms with Crippen LogP contribution in [0.2, 0.25) is 0 Å². The van der Waals surface area contributed by atoms with E-state index in [9.17, 15) is 9.90 Å². The summed E-state index contributed by atoms with van der Waals surface area (Å²) >= 11 is 0. The number of aryl methyl sites for hydroxylation is 1. The van der Waals surface area contributed by atoms with Gasteiger partial charge < -0.3 is 15.1 Å². The molecule has 0 bridgehead atoms. The van der Waals surface area contributed by atoms with Crippen molar-refractivity contribution in [3.63, 3.8) is 0 Å². The predicted octanol–water partition coefficient (Wildman–Crippen LogP) is 8.01. The first-order chi connectivity index (χ1) is 16.9. The van der Waals surface area contributed by atoms with Crippen LogP contribution in [0.15, 0.2) is 79.6 Å². The van der Waals surface area contributed by atoms with E-state index in [1.807, 2.05) is 43.3 Å². The van der Waals surface area contributed by atoms with Crippen LogP contribution in [0.3, 0.4) is 0 Å². The number of aromatic nitrogens is 2. The van der Waals surface area contributed by atoms with Crippen molar-refractivity contribution >= 4 is 58.0 Å². The average Bonchev–Trinajstić information content (AvgIpc) is 3.48. The van der Waals surface area contributed by atoms with Gasteiger partial charge in [0.05, 0.1) is 11.0 Å². The maximum Gasteiger partial charge on any atom is 0.185 e. The molecule has 0 aliphatic heterocycles. The number of hydrogen-bond donors (Lipinski definition) is 3. The molecule has 0 saturated carbocycles. The fraction of sp³-hybridized carbons (Fsp3) is 0.0645. The van der Waals surface area contributed by atoms with E-state index in [4.69, 9.17) is 0 Å². The number of rotatable bonds is 8. The average molecular weight is 461 g/mol. The third kappa shape index (κ3) is 4.59. The number of hydrogen-bond acceptors (Lipinski definition) is 2. The second-order valence-electron chi connectivity index (χ2n) is 8.40. The molecule has 2 aromatic heterocycles. The Balaban J connectivity index is 1.55. The third-order valence-electron chi connectivity index (χ3n) is 6.18. The number of ketones is 1. The standard InChI is InChI=1S/C31H28N2O2/c1-6-21-11-12-23-18-25(33-31(23)27(21)8-3)14-16-29(35)20(5)28(34)15-13-24-17-22-10-9-19(4)26(7-2)30(22)32-24/h6-18,32-34H,1-3H2,4-5H3/b15-13+,16-14+,28-20-. The number of nitrogens with one attached hydrogen (secondary N) is 2. The molecule has 2 heterocycles. The minimum Gasteiger partial charge on any atom is -0.508 e. The zero-order valence-corrected chi connectivity index (χ0v) is 20.0. The molecule has 4 aromatic rings. The van der Waals surface area contributed by atoms with E-state index in [2.05, 4.69) is 35.8 Å². The Morgan fingerprint density at radius 1 is 0.829 bits per heavy atom. The van der Waals surface area contributed by atoms with Gasteiger partial charge in [-0.1, -0.05) is 62.2 Å². The van der Waals surface area contributed by atoms with Gasteiger partial charge in [0.1, 0.15) is 5.76 Å². The van der Waals surface area contributed by atoms with Crippen molar-refractivity contribution in [2.45, 2.75) is 13.8 Å². The van der Waals surface area contributed by atoms with Crippen LogP contribution in [0.4, 0.5) is 0 Å². The summed E-state index contributed by atoms with van der Waals surface area (Å²) in [6.45, 7) is 15.3. The lowest BCUT2D eigenvalue weighted by molar-refractivity contribution is -0.111. The van der Waals surface area contributed by atoms with E-state index in [-0.39, 0.29) is 17.1 Å². The second-order valence-corrected chi connectivity index (χ2v) is 8.40. The van der Waals surface area contributed by atoms with Crippen molar-refractivity contribution in [1.29, 1.82) is 0 Å². The SMILES string of the molecule is C=Cc1ccc2cc(/C=C/C(=O)/C(C)=C(O)/C=C/c3cc4ccc(C)c(C=C)c4[nH]3)[nH]c2c1C=C. The number of H-pyrrole nitrogens is 2. The molecule has 0 saturated heterocycles. The molecule has 4 nitrogen and oxygen atoms in total. The van der Waals surface area contributed by atoms with Gasteiger partial charge in [-0.05, 0) is 61.4 Å². The number of aromatic amines is 2. The highest BCUT2D eigenvalue weighted by Gasteiger charge is 2.09. The maximum atomic E-state index is 12.7. The van der Waals surface area contributed by atoms with Crippen LogP contribution in [0.25, 0.3) is 52.2 Å². The van der Waals surface area contributed by atoms with Gasteiger partial charge in [-0.25, -0.2) is 0 Å². The zero-order valence-electron chi connectivity index (χ0n) is 20.0. The predicted molar refractivity (Wildman–Crippen MR) is 150 cm³/mol. The first-order valence-corrected chi connectivity index (χ1v) is 11.3. The van der Waals surface area contributed by atoms with Crippen LogP contribution in [-0.4, -0.2) is 20.9 Å². The van der Waals surface area contributed by atoms with E-state index in [0.717, 1.165) is 55.4 Å². The van der Waals surface area contributed by atoms with E-state index in [1.165, 1.54) is 12.2 Å². The fourth-order valence-electron chi connectivity index (χ4n) is 4.16. The molecule has 3 N–H and O–H groups in total. The van der Waals surface area contributed by atoms with E-state index in [0.29, 0.717) is 0 Å². The largest absolute Gasteiger partial charge is 0.508 e. The van der Waals surface area contributed by atoms with Crippen LogP contribution in [0, 0.1) is 6.92 Å². The molecule has 0 aliphatic rings. The van der Waals surface area contributed by atoms with Crippen molar-refractivity contribution in [3.8, 4) is 0 Å². The van der Waals surface area contributed by atoms with E-state index < -0.39 is 0 Å².